The highest BCUT2D eigenvalue weighted by Gasteiger charge is 2.26. The van der Waals surface area contributed by atoms with Crippen molar-refractivity contribution in [1.29, 1.82) is 0 Å². The SMILES string of the molecule is CCN(CC)c1ccc2cc(-c3nc4c(C(C)(C)C)cc(C(C)(C)C)cc4o3)c(=O)oc2c1. The van der Waals surface area contributed by atoms with Crippen LogP contribution in [0.15, 0.2) is 50.0 Å². The summed E-state index contributed by atoms with van der Waals surface area (Å²) < 4.78 is 11.9. The second-order valence-corrected chi connectivity index (χ2v) is 10.7. The Morgan fingerprint density at radius 3 is 2.15 bits per heavy atom. The van der Waals surface area contributed by atoms with Crippen molar-refractivity contribution in [2.24, 2.45) is 0 Å². The summed E-state index contributed by atoms with van der Waals surface area (Å²) in [5, 5.41) is 0.842. The van der Waals surface area contributed by atoms with Gasteiger partial charge in [0, 0.05) is 30.2 Å². The van der Waals surface area contributed by atoms with Crippen LogP contribution in [-0.2, 0) is 10.8 Å². The van der Waals surface area contributed by atoms with Crippen LogP contribution in [0.25, 0.3) is 33.5 Å². The average molecular weight is 447 g/mol. The van der Waals surface area contributed by atoms with E-state index < -0.39 is 5.63 Å². The fourth-order valence-corrected chi connectivity index (χ4v) is 4.18. The summed E-state index contributed by atoms with van der Waals surface area (Å²) in [6.45, 7) is 19.0. The molecule has 0 bridgehead atoms. The summed E-state index contributed by atoms with van der Waals surface area (Å²) in [7, 11) is 0. The lowest BCUT2D eigenvalue weighted by Crippen LogP contribution is -2.21. The van der Waals surface area contributed by atoms with Crippen LogP contribution in [0.5, 0.6) is 0 Å². The minimum atomic E-state index is -0.445. The summed E-state index contributed by atoms with van der Waals surface area (Å²) in [5.74, 6) is 0.296. The molecule has 33 heavy (non-hydrogen) atoms. The van der Waals surface area contributed by atoms with Crippen LogP contribution in [0.3, 0.4) is 0 Å². The largest absolute Gasteiger partial charge is 0.436 e. The van der Waals surface area contributed by atoms with Gasteiger partial charge >= 0.3 is 5.63 Å². The Balaban J connectivity index is 1.89. The number of aromatic nitrogens is 1. The number of benzene rings is 2. The van der Waals surface area contributed by atoms with E-state index >= 15 is 0 Å². The molecular weight excluding hydrogens is 412 g/mol. The van der Waals surface area contributed by atoms with Gasteiger partial charge in [-0.05, 0) is 60.1 Å². The van der Waals surface area contributed by atoms with Crippen LogP contribution < -0.4 is 10.5 Å². The maximum Gasteiger partial charge on any atom is 0.349 e. The van der Waals surface area contributed by atoms with Crippen LogP contribution in [0.1, 0.15) is 66.5 Å². The van der Waals surface area contributed by atoms with Crippen LogP contribution in [0.2, 0.25) is 0 Å². The quantitative estimate of drug-likeness (QED) is 0.315. The molecule has 174 valence electrons. The molecular formula is C28H34N2O3. The molecule has 2 heterocycles. The molecule has 0 unspecified atom stereocenters. The molecule has 2 aromatic heterocycles. The molecule has 0 spiro atoms. The van der Waals surface area contributed by atoms with Crippen LogP contribution in [-0.4, -0.2) is 18.1 Å². The lowest BCUT2D eigenvalue weighted by Gasteiger charge is -2.24. The van der Waals surface area contributed by atoms with Gasteiger partial charge in [-0.15, -0.1) is 0 Å². The van der Waals surface area contributed by atoms with E-state index in [9.17, 15) is 4.79 Å². The van der Waals surface area contributed by atoms with E-state index in [1.165, 1.54) is 5.56 Å². The van der Waals surface area contributed by atoms with Crippen LogP contribution in [0.4, 0.5) is 5.69 Å². The minimum absolute atomic E-state index is 0.0360. The molecule has 0 amide bonds. The minimum Gasteiger partial charge on any atom is -0.436 e. The Kier molecular flexibility index (Phi) is 5.63. The van der Waals surface area contributed by atoms with Gasteiger partial charge in [-0.1, -0.05) is 47.6 Å². The number of anilines is 1. The second-order valence-electron chi connectivity index (χ2n) is 10.7. The van der Waals surface area contributed by atoms with Crippen molar-refractivity contribution in [3.8, 4) is 11.5 Å². The molecule has 0 saturated carbocycles. The molecule has 5 heteroatoms. The highest BCUT2D eigenvalue weighted by Crippen LogP contribution is 2.37. The monoisotopic (exact) mass is 446 g/mol. The number of nitrogens with zero attached hydrogens (tertiary/aromatic N) is 2. The van der Waals surface area contributed by atoms with E-state index in [0.717, 1.165) is 35.2 Å². The zero-order chi connectivity index (χ0) is 24.1. The van der Waals surface area contributed by atoms with Gasteiger partial charge in [0.2, 0.25) is 5.89 Å². The number of rotatable bonds is 4. The van der Waals surface area contributed by atoms with Crippen LogP contribution >= 0.6 is 0 Å². The van der Waals surface area contributed by atoms with E-state index in [1.54, 1.807) is 0 Å². The van der Waals surface area contributed by atoms with Crippen molar-refractivity contribution in [2.45, 2.75) is 66.2 Å². The number of hydrogen-bond donors (Lipinski definition) is 0. The first-order valence-electron chi connectivity index (χ1n) is 11.7. The van der Waals surface area contributed by atoms with Gasteiger partial charge in [-0.3, -0.25) is 0 Å². The van der Waals surface area contributed by atoms with Gasteiger partial charge in [0.15, 0.2) is 5.58 Å². The zero-order valence-electron chi connectivity index (χ0n) is 21.0. The summed E-state index contributed by atoms with van der Waals surface area (Å²) >= 11 is 0. The predicted octanol–water partition coefficient (Wildman–Crippen LogP) is 7.04. The van der Waals surface area contributed by atoms with E-state index in [-0.39, 0.29) is 10.8 Å². The highest BCUT2D eigenvalue weighted by molar-refractivity contribution is 5.86. The number of oxazole rings is 1. The maximum atomic E-state index is 13.0. The Hall–Kier alpha value is -3.08. The van der Waals surface area contributed by atoms with E-state index in [1.807, 2.05) is 24.3 Å². The maximum absolute atomic E-state index is 13.0. The topological polar surface area (TPSA) is 59.5 Å². The van der Waals surface area contributed by atoms with Gasteiger partial charge in [0.05, 0.1) is 0 Å². The van der Waals surface area contributed by atoms with Gasteiger partial charge < -0.3 is 13.7 Å². The molecule has 4 rings (SSSR count). The second kappa shape index (κ2) is 8.05. The summed E-state index contributed by atoms with van der Waals surface area (Å²) in [5.41, 5.74) is 5.11. The van der Waals surface area contributed by atoms with Crippen LogP contribution in [0, 0.1) is 0 Å². The molecule has 0 atom stereocenters. The predicted molar refractivity (Wildman–Crippen MR) is 136 cm³/mol. The molecule has 0 aliphatic carbocycles. The summed E-state index contributed by atoms with van der Waals surface area (Å²) in [4.78, 5) is 20.0. The fraction of sp³-hybridized carbons (Fsp3) is 0.429. The standard InChI is InChI=1S/C28H34N2O3/c1-9-30(10-2)19-12-11-17-13-20(26(31)33-22(17)16-19)25-29-24-21(28(6,7)8)14-18(27(3,4)5)15-23(24)32-25/h11-16H,9-10H2,1-8H3. The van der Waals surface area contributed by atoms with E-state index in [2.05, 4.69) is 72.4 Å². The normalized spacial score (nSPS) is 12.6. The number of hydrogen-bond acceptors (Lipinski definition) is 5. The first kappa shape index (κ1) is 23.1. The molecule has 0 radical (unpaired) electrons. The molecule has 2 aromatic carbocycles. The average Bonchev–Trinajstić information content (AvgIpc) is 3.15. The van der Waals surface area contributed by atoms with Gasteiger partial charge in [-0.25, -0.2) is 9.78 Å². The highest BCUT2D eigenvalue weighted by atomic mass is 16.4. The molecule has 0 aliphatic rings. The van der Waals surface area contributed by atoms with E-state index in [0.29, 0.717) is 22.6 Å². The lowest BCUT2D eigenvalue weighted by atomic mass is 9.80. The summed E-state index contributed by atoms with van der Waals surface area (Å²) in [6.07, 6.45) is 0. The van der Waals surface area contributed by atoms with E-state index in [4.69, 9.17) is 13.8 Å². The van der Waals surface area contributed by atoms with Crippen molar-refractivity contribution in [3.05, 3.63) is 57.9 Å². The third-order valence-electron chi connectivity index (χ3n) is 6.25. The van der Waals surface area contributed by atoms with Crippen molar-refractivity contribution < 1.29 is 8.83 Å². The molecule has 0 N–H and O–H groups in total. The third-order valence-corrected chi connectivity index (χ3v) is 6.25. The Labute approximate surface area is 195 Å². The van der Waals surface area contributed by atoms with Crippen molar-refractivity contribution in [1.82, 2.24) is 4.98 Å². The number of fused-ring (bicyclic) bond motifs is 2. The van der Waals surface area contributed by atoms with Crippen molar-refractivity contribution >= 4 is 27.8 Å². The smallest absolute Gasteiger partial charge is 0.349 e. The molecule has 4 aromatic rings. The first-order chi connectivity index (χ1) is 15.4. The molecule has 0 saturated heterocycles. The summed E-state index contributed by atoms with van der Waals surface area (Å²) in [6, 6.07) is 12.0. The molecule has 0 fully saturated rings. The molecule has 0 aliphatic heterocycles. The van der Waals surface area contributed by atoms with Crippen molar-refractivity contribution in [3.63, 3.8) is 0 Å². The Morgan fingerprint density at radius 2 is 1.55 bits per heavy atom. The lowest BCUT2D eigenvalue weighted by molar-refractivity contribution is 0.552. The van der Waals surface area contributed by atoms with Gasteiger partial charge in [0.25, 0.3) is 0 Å². The van der Waals surface area contributed by atoms with Crippen molar-refractivity contribution in [2.75, 3.05) is 18.0 Å². The van der Waals surface area contributed by atoms with Gasteiger partial charge in [0.1, 0.15) is 16.7 Å². The molecule has 5 nitrogen and oxygen atoms in total. The Morgan fingerprint density at radius 1 is 0.848 bits per heavy atom. The van der Waals surface area contributed by atoms with Gasteiger partial charge in [-0.2, -0.15) is 0 Å². The fourth-order valence-electron chi connectivity index (χ4n) is 4.18. The first-order valence-corrected chi connectivity index (χ1v) is 11.7. The zero-order valence-corrected chi connectivity index (χ0v) is 21.0. The third kappa shape index (κ3) is 4.29. The Bertz CT molecular complexity index is 1380.